The van der Waals surface area contributed by atoms with E-state index in [-0.39, 0.29) is 12.5 Å². The average molecular weight is 443 g/mol. The molecule has 1 unspecified atom stereocenters. The molecule has 2 fully saturated rings. The number of imide groups is 1. The second-order valence-corrected chi connectivity index (χ2v) is 8.68. The maximum Gasteiger partial charge on any atom is 0.325 e. The molecule has 4 amide bonds. The van der Waals surface area contributed by atoms with Crippen molar-refractivity contribution in [1.82, 2.24) is 15.1 Å². The first-order chi connectivity index (χ1) is 16.0. The number of rotatable bonds is 4. The van der Waals surface area contributed by atoms with Crippen molar-refractivity contribution >= 4 is 34.3 Å². The van der Waals surface area contributed by atoms with Gasteiger partial charge in [0, 0.05) is 31.9 Å². The Labute approximate surface area is 192 Å². The molecular formula is C26H26N4O3. The molecule has 2 aliphatic rings. The summed E-state index contributed by atoms with van der Waals surface area (Å²) in [7, 11) is 0. The number of carbonyl (C=O) groups is 3. The van der Waals surface area contributed by atoms with E-state index >= 15 is 0 Å². The number of amides is 4. The second-order valence-electron chi connectivity index (χ2n) is 8.68. The molecule has 3 aromatic carbocycles. The zero-order valence-electron chi connectivity index (χ0n) is 18.5. The lowest BCUT2D eigenvalue weighted by Crippen LogP contribution is -2.52. The van der Waals surface area contributed by atoms with E-state index in [0.717, 1.165) is 26.9 Å². The normalized spacial score (nSPS) is 20.9. The molecule has 1 N–H and O–H groups in total. The largest absolute Gasteiger partial charge is 0.368 e. The van der Waals surface area contributed by atoms with Crippen LogP contribution >= 0.6 is 0 Å². The number of fused-ring (bicyclic) bond motifs is 1. The van der Waals surface area contributed by atoms with Gasteiger partial charge in [-0.15, -0.1) is 0 Å². The van der Waals surface area contributed by atoms with Crippen molar-refractivity contribution in [2.24, 2.45) is 0 Å². The second kappa shape index (κ2) is 8.24. The van der Waals surface area contributed by atoms with E-state index in [1.54, 1.807) is 11.8 Å². The number of piperazine rings is 1. The van der Waals surface area contributed by atoms with Gasteiger partial charge in [0.2, 0.25) is 5.91 Å². The van der Waals surface area contributed by atoms with Crippen molar-refractivity contribution < 1.29 is 14.4 Å². The first-order valence-electron chi connectivity index (χ1n) is 11.2. The highest BCUT2D eigenvalue weighted by Crippen LogP contribution is 2.33. The summed E-state index contributed by atoms with van der Waals surface area (Å²) in [5.41, 5.74) is 0.638. The monoisotopic (exact) mass is 442 g/mol. The molecule has 33 heavy (non-hydrogen) atoms. The highest BCUT2D eigenvalue weighted by molar-refractivity contribution is 6.10. The molecule has 0 bridgehead atoms. The highest BCUT2D eigenvalue weighted by Gasteiger charge is 2.50. The lowest BCUT2D eigenvalue weighted by molar-refractivity contribution is -0.139. The van der Waals surface area contributed by atoms with Crippen LogP contribution in [0.1, 0.15) is 12.5 Å². The SMILES string of the molecule is CC1(c2cccc3ccccc23)NC(=O)N(CC(=O)N2CCN(c3ccccc3)CC2)C1=O. The molecule has 2 saturated heterocycles. The van der Waals surface area contributed by atoms with Gasteiger partial charge < -0.3 is 15.1 Å². The molecule has 0 spiro atoms. The Morgan fingerprint density at radius 2 is 1.55 bits per heavy atom. The fourth-order valence-corrected chi connectivity index (χ4v) is 4.77. The topological polar surface area (TPSA) is 73.0 Å². The Hall–Kier alpha value is -3.87. The van der Waals surface area contributed by atoms with Crippen molar-refractivity contribution in [3.8, 4) is 0 Å². The number of nitrogens with one attached hydrogen (secondary N) is 1. The van der Waals surface area contributed by atoms with Gasteiger partial charge in [-0.3, -0.25) is 14.5 Å². The number of para-hydroxylation sites is 1. The number of urea groups is 1. The van der Waals surface area contributed by atoms with Crippen LogP contribution in [0.3, 0.4) is 0 Å². The Morgan fingerprint density at radius 3 is 2.30 bits per heavy atom. The first-order valence-corrected chi connectivity index (χ1v) is 11.2. The molecule has 5 rings (SSSR count). The number of hydrogen-bond donors (Lipinski definition) is 1. The third-order valence-corrected chi connectivity index (χ3v) is 6.65. The molecule has 0 aliphatic carbocycles. The zero-order chi connectivity index (χ0) is 23.0. The summed E-state index contributed by atoms with van der Waals surface area (Å²) < 4.78 is 0. The summed E-state index contributed by atoms with van der Waals surface area (Å²) in [5, 5.41) is 4.73. The standard InChI is InChI=1S/C26H26N4O3/c1-26(22-13-7-9-19-8-5-6-12-21(19)22)24(32)30(25(33)27-26)18-23(31)29-16-14-28(15-17-29)20-10-3-2-4-11-20/h2-13H,14-18H2,1H3,(H,27,33). The molecular weight excluding hydrogens is 416 g/mol. The molecule has 168 valence electrons. The Bertz CT molecular complexity index is 1220. The molecule has 0 radical (unpaired) electrons. The van der Waals surface area contributed by atoms with Gasteiger partial charge >= 0.3 is 6.03 Å². The summed E-state index contributed by atoms with van der Waals surface area (Å²) in [6.07, 6.45) is 0. The Balaban J connectivity index is 1.29. The number of anilines is 1. The quantitative estimate of drug-likeness (QED) is 0.631. The van der Waals surface area contributed by atoms with E-state index in [2.05, 4.69) is 22.3 Å². The molecule has 1 atom stereocenters. The molecule has 2 aliphatic heterocycles. The fraction of sp³-hybridized carbons (Fsp3) is 0.269. The highest BCUT2D eigenvalue weighted by atomic mass is 16.2. The Morgan fingerprint density at radius 1 is 0.879 bits per heavy atom. The van der Waals surface area contributed by atoms with Gasteiger partial charge in [-0.2, -0.15) is 0 Å². The first kappa shape index (κ1) is 21.0. The van der Waals surface area contributed by atoms with Crippen LogP contribution in [-0.4, -0.2) is 60.4 Å². The third kappa shape index (κ3) is 3.69. The van der Waals surface area contributed by atoms with Gasteiger partial charge in [0.05, 0.1) is 0 Å². The van der Waals surface area contributed by atoms with Crippen LogP contribution in [0.5, 0.6) is 0 Å². The van der Waals surface area contributed by atoms with Crippen molar-refractivity contribution in [2.75, 3.05) is 37.6 Å². The van der Waals surface area contributed by atoms with Crippen LogP contribution in [0.2, 0.25) is 0 Å². The predicted octanol–water partition coefficient (Wildman–Crippen LogP) is 2.96. The van der Waals surface area contributed by atoms with Crippen molar-refractivity contribution in [2.45, 2.75) is 12.5 Å². The van der Waals surface area contributed by atoms with E-state index in [1.807, 2.05) is 60.7 Å². The minimum absolute atomic E-state index is 0.214. The number of nitrogens with zero attached hydrogens (tertiary/aromatic N) is 3. The fourth-order valence-electron chi connectivity index (χ4n) is 4.77. The van der Waals surface area contributed by atoms with Crippen LogP contribution < -0.4 is 10.2 Å². The van der Waals surface area contributed by atoms with E-state index in [9.17, 15) is 14.4 Å². The molecule has 0 saturated carbocycles. The van der Waals surface area contributed by atoms with Crippen LogP contribution in [-0.2, 0) is 15.1 Å². The smallest absolute Gasteiger partial charge is 0.325 e. The van der Waals surface area contributed by atoms with Crippen molar-refractivity contribution in [3.05, 3.63) is 78.4 Å². The van der Waals surface area contributed by atoms with Crippen LogP contribution in [0.15, 0.2) is 72.8 Å². The van der Waals surface area contributed by atoms with E-state index in [1.165, 1.54) is 0 Å². The summed E-state index contributed by atoms with van der Waals surface area (Å²) in [5.74, 6) is -0.617. The lowest BCUT2D eigenvalue weighted by Gasteiger charge is -2.36. The van der Waals surface area contributed by atoms with Crippen LogP contribution in [0.25, 0.3) is 10.8 Å². The van der Waals surface area contributed by atoms with Gasteiger partial charge in [-0.05, 0) is 35.4 Å². The van der Waals surface area contributed by atoms with E-state index < -0.39 is 17.5 Å². The Kier molecular flexibility index (Phi) is 5.24. The molecule has 7 heteroatoms. The summed E-state index contributed by atoms with van der Waals surface area (Å²) in [6, 6.07) is 23.0. The minimum atomic E-state index is -1.22. The van der Waals surface area contributed by atoms with Crippen molar-refractivity contribution in [3.63, 3.8) is 0 Å². The molecule has 2 heterocycles. The van der Waals surface area contributed by atoms with Crippen molar-refractivity contribution in [1.29, 1.82) is 0 Å². The maximum atomic E-state index is 13.4. The molecule has 3 aromatic rings. The van der Waals surface area contributed by atoms with E-state index in [0.29, 0.717) is 26.2 Å². The van der Waals surface area contributed by atoms with Crippen LogP contribution in [0.4, 0.5) is 10.5 Å². The van der Waals surface area contributed by atoms with Crippen LogP contribution in [0, 0.1) is 0 Å². The van der Waals surface area contributed by atoms with Gasteiger partial charge in [0.1, 0.15) is 12.1 Å². The molecule has 7 nitrogen and oxygen atoms in total. The third-order valence-electron chi connectivity index (χ3n) is 6.65. The van der Waals surface area contributed by atoms with E-state index in [4.69, 9.17) is 0 Å². The average Bonchev–Trinajstić information content (AvgIpc) is 3.08. The number of hydrogen-bond acceptors (Lipinski definition) is 4. The minimum Gasteiger partial charge on any atom is -0.368 e. The number of carbonyl (C=O) groups excluding carboxylic acids is 3. The predicted molar refractivity (Wildman–Crippen MR) is 127 cm³/mol. The summed E-state index contributed by atoms with van der Waals surface area (Å²) in [6.45, 7) is 3.98. The number of benzene rings is 3. The summed E-state index contributed by atoms with van der Waals surface area (Å²) >= 11 is 0. The van der Waals surface area contributed by atoms with Gasteiger partial charge in [0.25, 0.3) is 5.91 Å². The lowest BCUT2D eigenvalue weighted by atomic mass is 9.88. The summed E-state index contributed by atoms with van der Waals surface area (Å²) in [4.78, 5) is 44.2. The molecule has 0 aromatic heterocycles. The van der Waals surface area contributed by atoms with Gasteiger partial charge in [-0.25, -0.2) is 4.79 Å². The maximum absolute atomic E-state index is 13.4. The zero-order valence-corrected chi connectivity index (χ0v) is 18.5. The van der Waals surface area contributed by atoms with Gasteiger partial charge in [-0.1, -0.05) is 60.7 Å². The van der Waals surface area contributed by atoms with Gasteiger partial charge in [0.15, 0.2) is 0 Å².